The number of benzene rings is 2. The fourth-order valence-electron chi connectivity index (χ4n) is 5.14. The number of aliphatic imine (C=N–C) groups is 1. The Morgan fingerprint density at radius 2 is 1.84 bits per heavy atom. The van der Waals surface area contributed by atoms with Gasteiger partial charge in [-0.1, -0.05) is 30.3 Å². The Labute approximate surface area is 184 Å². The molecule has 0 saturated carbocycles. The molecule has 2 unspecified atom stereocenters. The van der Waals surface area contributed by atoms with Gasteiger partial charge in [0.2, 0.25) is 0 Å². The van der Waals surface area contributed by atoms with Crippen molar-refractivity contribution >= 4 is 28.3 Å². The minimum Gasteiger partial charge on any atom is -0.371 e. The first kappa shape index (κ1) is 18.8. The van der Waals surface area contributed by atoms with Gasteiger partial charge < -0.3 is 4.90 Å². The number of hydrogen-bond donors (Lipinski definition) is 1. The molecule has 1 saturated heterocycles. The number of anilines is 1. The van der Waals surface area contributed by atoms with Crippen LogP contribution in [0.3, 0.4) is 0 Å². The third-order valence-corrected chi connectivity index (χ3v) is 6.70. The Balaban J connectivity index is 1.35. The monoisotopic (exact) mass is 423 g/mol. The van der Waals surface area contributed by atoms with Crippen molar-refractivity contribution in [1.82, 2.24) is 20.5 Å². The molecule has 1 fully saturated rings. The van der Waals surface area contributed by atoms with E-state index in [9.17, 15) is 5.26 Å². The molecule has 0 spiro atoms. The van der Waals surface area contributed by atoms with Crippen molar-refractivity contribution in [2.24, 2.45) is 16.8 Å². The number of para-hydroxylation sites is 1. The van der Waals surface area contributed by atoms with Gasteiger partial charge in [-0.25, -0.2) is 9.62 Å². The summed E-state index contributed by atoms with van der Waals surface area (Å²) in [6.07, 6.45) is 3.69. The maximum absolute atomic E-state index is 10.3. The van der Waals surface area contributed by atoms with E-state index in [0.717, 1.165) is 48.6 Å². The third-order valence-electron chi connectivity index (χ3n) is 6.70. The summed E-state index contributed by atoms with van der Waals surface area (Å²) in [6.45, 7) is 1.88. The molecule has 1 N–H and O–H groups in total. The van der Waals surface area contributed by atoms with Gasteiger partial charge in [-0.05, 0) is 46.9 Å². The molecule has 6 rings (SSSR count). The van der Waals surface area contributed by atoms with Crippen LogP contribution in [0.5, 0.6) is 0 Å². The molecule has 0 bridgehead atoms. The first-order valence-electron chi connectivity index (χ1n) is 10.9. The number of aromatic amines is 1. The highest BCUT2D eigenvalue weighted by Crippen LogP contribution is 2.45. The molecule has 0 aliphatic carbocycles. The lowest BCUT2D eigenvalue weighted by molar-refractivity contribution is 0.315. The van der Waals surface area contributed by atoms with Crippen LogP contribution >= 0.6 is 0 Å². The third kappa shape index (κ3) is 2.97. The smallest absolute Gasteiger partial charge is 0.151 e. The first-order chi connectivity index (χ1) is 15.8. The van der Waals surface area contributed by atoms with E-state index in [1.807, 2.05) is 24.3 Å². The van der Waals surface area contributed by atoms with Crippen LogP contribution in [0.25, 0.3) is 11.0 Å². The summed E-state index contributed by atoms with van der Waals surface area (Å²) < 4.78 is 4.99. The molecule has 8 heteroatoms. The van der Waals surface area contributed by atoms with Crippen molar-refractivity contribution in [1.29, 1.82) is 5.26 Å². The largest absolute Gasteiger partial charge is 0.371 e. The summed E-state index contributed by atoms with van der Waals surface area (Å²) in [5, 5.41) is 25.7. The molecule has 2 atom stereocenters. The molecular formula is C24H21N7O. The number of piperidine rings is 1. The Kier molecular flexibility index (Phi) is 4.46. The van der Waals surface area contributed by atoms with Gasteiger partial charge in [-0.2, -0.15) is 10.4 Å². The Bertz CT molecular complexity index is 1330. The van der Waals surface area contributed by atoms with Crippen LogP contribution in [-0.2, 0) is 0 Å². The molecule has 158 valence electrons. The molecule has 4 heterocycles. The zero-order valence-corrected chi connectivity index (χ0v) is 17.3. The number of rotatable bonds is 3. The summed E-state index contributed by atoms with van der Waals surface area (Å²) in [5.74, 6) is 0.364. The number of aromatic nitrogens is 4. The van der Waals surface area contributed by atoms with E-state index in [4.69, 9.17) is 9.62 Å². The standard InChI is InChI=1S/C24H21N7O/c25-13-18-21(17-7-4-8-20-23(17)30-32-29-20)19-14-26-28-24(19)27-22(18)15-9-11-31(12-10-15)16-5-2-1-3-6-16/h1-8,14-15,18,21H,9-12H2,(H,26,28). The van der Waals surface area contributed by atoms with Gasteiger partial charge in [0.25, 0.3) is 0 Å². The van der Waals surface area contributed by atoms with Gasteiger partial charge in [0.15, 0.2) is 5.82 Å². The normalized spacial score (nSPS) is 21.2. The van der Waals surface area contributed by atoms with Gasteiger partial charge in [0.05, 0.1) is 18.2 Å². The molecule has 8 nitrogen and oxygen atoms in total. The van der Waals surface area contributed by atoms with E-state index in [1.165, 1.54) is 5.69 Å². The van der Waals surface area contributed by atoms with Crippen molar-refractivity contribution in [3.05, 3.63) is 65.9 Å². The van der Waals surface area contributed by atoms with Crippen LogP contribution < -0.4 is 4.90 Å². The number of nitrogens with zero attached hydrogens (tertiary/aromatic N) is 6. The number of nitrogens with one attached hydrogen (secondary N) is 1. The second kappa shape index (κ2) is 7.61. The lowest BCUT2D eigenvalue weighted by atomic mass is 9.72. The van der Waals surface area contributed by atoms with Crippen molar-refractivity contribution < 1.29 is 4.63 Å². The molecule has 0 radical (unpaired) electrons. The van der Waals surface area contributed by atoms with Gasteiger partial charge in [0.1, 0.15) is 11.0 Å². The topological polar surface area (TPSA) is 107 Å². The molecule has 32 heavy (non-hydrogen) atoms. The lowest BCUT2D eigenvalue weighted by Crippen LogP contribution is -2.40. The van der Waals surface area contributed by atoms with E-state index in [0.29, 0.717) is 11.0 Å². The van der Waals surface area contributed by atoms with Crippen molar-refractivity contribution in [3.8, 4) is 6.07 Å². The maximum atomic E-state index is 10.3. The lowest BCUT2D eigenvalue weighted by Gasteiger charge is -2.37. The van der Waals surface area contributed by atoms with Crippen LogP contribution in [0.2, 0.25) is 0 Å². The Morgan fingerprint density at radius 3 is 2.66 bits per heavy atom. The number of fused-ring (bicyclic) bond motifs is 2. The Hall–Kier alpha value is -3.99. The minimum atomic E-state index is -0.393. The van der Waals surface area contributed by atoms with E-state index in [-0.39, 0.29) is 11.8 Å². The zero-order valence-electron chi connectivity index (χ0n) is 17.3. The summed E-state index contributed by atoms with van der Waals surface area (Å²) in [4.78, 5) is 7.33. The van der Waals surface area contributed by atoms with Gasteiger partial charge in [0, 0.05) is 41.9 Å². The molecule has 4 aromatic rings. The van der Waals surface area contributed by atoms with Crippen LogP contribution in [0.15, 0.2) is 64.3 Å². The molecule has 0 amide bonds. The summed E-state index contributed by atoms with van der Waals surface area (Å²) in [5.41, 5.74) is 5.39. The van der Waals surface area contributed by atoms with E-state index < -0.39 is 5.92 Å². The van der Waals surface area contributed by atoms with Crippen molar-refractivity contribution in [3.63, 3.8) is 0 Å². The molecule has 2 aliphatic heterocycles. The molecule has 2 aromatic heterocycles. The van der Waals surface area contributed by atoms with Crippen LogP contribution in [0.4, 0.5) is 11.5 Å². The fraction of sp³-hybridized carbons (Fsp3) is 0.292. The number of nitriles is 1. The van der Waals surface area contributed by atoms with Gasteiger partial charge in [-0.3, -0.25) is 5.10 Å². The van der Waals surface area contributed by atoms with Crippen LogP contribution in [0.1, 0.15) is 29.9 Å². The maximum Gasteiger partial charge on any atom is 0.151 e. The molecule has 2 aromatic carbocycles. The Morgan fingerprint density at radius 1 is 1.00 bits per heavy atom. The number of hydrogen-bond acceptors (Lipinski definition) is 7. The average molecular weight is 423 g/mol. The van der Waals surface area contributed by atoms with Crippen LogP contribution in [0, 0.1) is 23.2 Å². The van der Waals surface area contributed by atoms with Gasteiger partial charge in [-0.15, -0.1) is 0 Å². The van der Waals surface area contributed by atoms with E-state index in [2.05, 4.69) is 55.7 Å². The van der Waals surface area contributed by atoms with E-state index in [1.54, 1.807) is 6.20 Å². The van der Waals surface area contributed by atoms with Gasteiger partial charge >= 0.3 is 0 Å². The highest BCUT2D eigenvalue weighted by molar-refractivity contribution is 5.97. The highest BCUT2D eigenvalue weighted by Gasteiger charge is 2.40. The second-order valence-electron chi connectivity index (χ2n) is 8.37. The summed E-state index contributed by atoms with van der Waals surface area (Å²) in [6, 6.07) is 18.8. The van der Waals surface area contributed by atoms with E-state index >= 15 is 0 Å². The molecule has 2 aliphatic rings. The second-order valence-corrected chi connectivity index (χ2v) is 8.37. The predicted octanol–water partition coefficient (Wildman–Crippen LogP) is 4.22. The number of H-pyrrole nitrogens is 1. The predicted molar refractivity (Wildman–Crippen MR) is 120 cm³/mol. The van der Waals surface area contributed by atoms with Crippen molar-refractivity contribution in [2.75, 3.05) is 18.0 Å². The first-order valence-corrected chi connectivity index (χ1v) is 10.9. The quantitative estimate of drug-likeness (QED) is 0.529. The average Bonchev–Trinajstić information content (AvgIpc) is 3.53. The van der Waals surface area contributed by atoms with Crippen molar-refractivity contribution in [2.45, 2.75) is 18.8 Å². The zero-order chi connectivity index (χ0) is 21.5. The summed E-state index contributed by atoms with van der Waals surface area (Å²) in [7, 11) is 0. The minimum absolute atomic E-state index is 0.219. The SMILES string of the molecule is N#CC1C(C2CCN(c3ccccc3)CC2)=Nc2[nH]ncc2C1c1cccc2nonc12. The summed E-state index contributed by atoms with van der Waals surface area (Å²) >= 11 is 0. The molecular weight excluding hydrogens is 402 g/mol. The van der Waals surface area contributed by atoms with Crippen LogP contribution in [-0.4, -0.2) is 39.3 Å². The highest BCUT2D eigenvalue weighted by atomic mass is 16.6. The fourth-order valence-corrected chi connectivity index (χ4v) is 5.14.